The molecule has 0 aliphatic rings. The Labute approximate surface area is 98.9 Å². The number of nitrogens with zero attached hydrogens (tertiary/aromatic N) is 5. The smallest absolute Gasteiger partial charge is 0.322 e. The number of imidazole rings is 1. The first kappa shape index (κ1) is 11.3. The third kappa shape index (κ3) is 2.68. The standard InChI is InChI=1S/C10H14N6O/c1-3-4-12-8-13-9(15-10(14-8)17-2)16-6-5-11-7-16/h5-7H,3-4H2,1-2H3,(H,12,13,14,15). The Morgan fingerprint density at radius 2 is 2.24 bits per heavy atom. The van der Waals surface area contributed by atoms with Crippen LogP contribution in [0.25, 0.3) is 5.95 Å². The molecular formula is C10H14N6O. The molecule has 7 nitrogen and oxygen atoms in total. The van der Waals surface area contributed by atoms with E-state index >= 15 is 0 Å². The van der Waals surface area contributed by atoms with E-state index < -0.39 is 0 Å². The molecule has 2 heterocycles. The van der Waals surface area contributed by atoms with Gasteiger partial charge in [-0.15, -0.1) is 0 Å². The highest BCUT2D eigenvalue weighted by Gasteiger charge is 2.07. The summed E-state index contributed by atoms with van der Waals surface area (Å²) < 4.78 is 6.73. The predicted molar refractivity (Wildman–Crippen MR) is 62.3 cm³/mol. The molecule has 2 rings (SSSR count). The molecule has 7 heteroatoms. The molecule has 0 fully saturated rings. The van der Waals surface area contributed by atoms with Crippen LogP contribution < -0.4 is 10.1 Å². The van der Waals surface area contributed by atoms with Crippen molar-refractivity contribution in [3.05, 3.63) is 18.7 Å². The summed E-state index contributed by atoms with van der Waals surface area (Å²) in [5.41, 5.74) is 0. The van der Waals surface area contributed by atoms with Crippen molar-refractivity contribution in [3.63, 3.8) is 0 Å². The van der Waals surface area contributed by atoms with Crippen LogP contribution in [0.5, 0.6) is 6.01 Å². The van der Waals surface area contributed by atoms with Gasteiger partial charge < -0.3 is 10.1 Å². The van der Waals surface area contributed by atoms with Crippen molar-refractivity contribution in [3.8, 4) is 12.0 Å². The second-order valence-electron chi connectivity index (χ2n) is 3.34. The van der Waals surface area contributed by atoms with Crippen molar-refractivity contribution in [1.82, 2.24) is 24.5 Å². The Bertz CT molecular complexity index is 470. The molecule has 0 radical (unpaired) electrons. The van der Waals surface area contributed by atoms with Crippen molar-refractivity contribution < 1.29 is 4.74 Å². The fourth-order valence-corrected chi connectivity index (χ4v) is 1.25. The van der Waals surface area contributed by atoms with Crippen molar-refractivity contribution in [1.29, 1.82) is 0 Å². The second-order valence-corrected chi connectivity index (χ2v) is 3.34. The normalized spacial score (nSPS) is 10.2. The summed E-state index contributed by atoms with van der Waals surface area (Å²) in [6.07, 6.45) is 6.04. The predicted octanol–water partition coefficient (Wildman–Crippen LogP) is 0.888. The zero-order valence-electron chi connectivity index (χ0n) is 9.79. The third-order valence-corrected chi connectivity index (χ3v) is 2.05. The highest BCUT2D eigenvalue weighted by molar-refractivity contribution is 5.30. The van der Waals surface area contributed by atoms with E-state index in [1.165, 1.54) is 7.11 Å². The molecule has 0 bridgehead atoms. The summed E-state index contributed by atoms with van der Waals surface area (Å²) in [5, 5.41) is 3.10. The van der Waals surface area contributed by atoms with Gasteiger partial charge in [0.25, 0.3) is 0 Å². The molecule has 2 aromatic rings. The van der Waals surface area contributed by atoms with Crippen LogP contribution in [-0.2, 0) is 0 Å². The Kier molecular flexibility index (Phi) is 3.49. The number of anilines is 1. The zero-order chi connectivity index (χ0) is 12.1. The van der Waals surface area contributed by atoms with E-state index in [2.05, 4.69) is 32.2 Å². The number of hydrogen-bond donors (Lipinski definition) is 1. The largest absolute Gasteiger partial charge is 0.467 e. The minimum absolute atomic E-state index is 0.280. The lowest BCUT2D eigenvalue weighted by atomic mass is 10.5. The number of hydrogen-bond acceptors (Lipinski definition) is 6. The van der Waals surface area contributed by atoms with Crippen LogP contribution in [0, 0.1) is 0 Å². The molecule has 0 unspecified atom stereocenters. The van der Waals surface area contributed by atoms with E-state index in [1.807, 2.05) is 0 Å². The number of aromatic nitrogens is 5. The number of nitrogens with one attached hydrogen (secondary N) is 1. The van der Waals surface area contributed by atoms with Gasteiger partial charge in [0.05, 0.1) is 7.11 Å². The maximum Gasteiger partial charge on any atom is 0.322 e. The first-order chi connectivity index (χ1) is 8.33. The van der Waals surface area contributed by atoms with Gasteiger partial charge in [0.15, 0.2) is 0 Å². The van der Waals surface area contributed by atoms with Gasteiger partial charge in [-0.2, -0.15) is 15.0 Å². The maximum atomic E-state index is 5.04. The highest BCUT2D eigenvalue weighted by Crippen LogP contribution is 2.10. The van der Waals surface area contributed by atoms with Gasteiger partial charge in [-0.3, -0.25) is 4.57 Å². The van der Waals surface area contributed by atoms with Crippen molar-refractivity contribution in [2.45, 2.75) is 13.3 Å². The van der Waals surface area contributed by atoms with Gasteiger partial charge in [0.2, 0.25) is 11.9 Å². The molecule has 0 spiro atoms. The van der Waals surface area contributed by atoms with Crippen LogP contribution in [0.3, 0.4) is 0 Å². The van der Waals surface area contributed by atoms with E-state index in [0.717, 1.165) is 13.0 Å². The number of methoxy groups -OCH3 is 1. The Morgan fingerprint density at radius 3 is 2.88 bits per heavy atom. The molecule has 1 N–H and O–H groups in total. The monoisotopic (exact) mass is 234 g/mol. The van der Waals surface area contributed by atoms with E-state index in [-0.39, 0.29) is 6.01 Å². The first-order valence-corrected chi connectivity index (χ1v) is 5.35. The van der Waals surface area contributed by atoms with Crippen molar-refractivity contribution in [2.75, 3.05) is 19.0 Å². The van der Waals surface area contributed by atoms with Crippen LogP contribution in [0.4, 0.5) is 5.95 Å². The van der Waals surface area contributed by atoms with Crippen LogP contribution >= 0.6 is 0 Å². The average molecular weight is 234 g/mol. The van der Waals surface area contributed by atoms with Crippen LogP contribution in [0.15, 0.2) is 18.7 Å². The quantitative estimate of drug-likeness (QED) is 0.827. The van der Waals surface area contributed by atoms with Crippen LogP contribution in [-0.4, -0.2) is 38.2 Å². The minimum atomic E-state index is 0.280. The summed E-state index contributed by atoms with van der Waals surface area (Å²) in [4.78, 5) is 16.5. The molecule has 0 aromatic carbocycles. The summed E-state index contributed by atoms with van der Waals surface area (Å²) in [7, 11) is 1.52. The summed E-state index contributed by atoms with van der Waals surface area (Å²) in [6, 6.07) is 0.280. The fourth-order valence-electron chi connectivity index (χ4n) is 1.25. The van der Waals surface area contributed by atoms with Crippen LogP contribution in [0.2, 0.25) is 0 Å². The lowest BCUT2D eigenvalue weighted by Gasteiger charge is -2.07. The van der Waals surface area contributed by atoms with Crippen molar-refractivity contribution >= 4 is 5.95 Å². The van der Waals surface area contributed by atoms with Gasteiger partial charge in [0, 0.05) is 18.9 Å². The van der Waals surface area contributed by atoms with E-state index in [1.54, 1.807) is 23.3 Å². The minimum Gasteiger partial charge on any atom is -0.467 e. The Balaban J connectivity index is 2.32. The maximum absolute atomic E-state index is 5.04. The van der Waals surface area contributed by atoms with E-state index in [0.29, 0.717) is 11.9 Å². The van der Waals surface area contributed by atoms with E-state index in [9.17, 15) is 0 Å². The summed E-state index contributed by atoms with van der Waals surface area (Å²) in [5.74, 6) is 0.982. The SMILES string of the molecule is CCCNc1nc(OC)nc(-n2ccnc2)n1. The average Bonchev–Trinajstić information content (AvgIpc) is 2.89. The zero-order valence-corrected chi connectivity index (χ0v) is 9.79. The third-order valence-electron chi connectivity index (χ3n) is 2.05. The lowest BCUT2D eigenvalue weighted by Crippen LogP contribution is -2.10. The van der Waals surface area contributed by atoms with Gasteiger partial charge in [-0.1, -0.05) is 6.92 Å². The van der Waals surface area contributed by atoms with E-state index in [4.69, 9.17) is 4.74 Å². The highest BCUT2D eigenvalue weighted by atomic mass is 16.5. The van der Waals surface area contributed by atoms with Gasteiger partial charge in [-0.25, -0.2) is 4.98 Å². The topological polar surface area (TPSA) is 77.8 Å². The molecule has 0 amide bonds. The fraction of sp³-hybridized carbons (Fsp3) is 0.400. The van der Waals surface area contributed by atoms with Crippen molar-refractivity contribution in [2.24, 2.45) is 0 Å². The first-order valence-electron chi connectivity index (χ1n) is 5.35. The molecule has 0 saturated heterocycles. The van der Waals surface area contributed by atoms with Crippen LogP contribution in [0.1, 0.15) is 13.3 Å². The summed E-state index contributed by atoms with van der Waals surface area (Å²) >= 11 is 0. The van der Waals surface area contributed by atoms with Gasteiger partial charge in [0.1, 0.15) is 6.33 Å². The molecule has 0 atom stereocenters. The van der Waals surface area contributed by atoms with Gasteiger partial charge >= 0.3 is 6.01 Å². The molecule has 0 saturated carbocycles. The molecule has 0 aliphatic heterocycles. The van der Waals surface area contributed by atoms with Gasteiger partial charge in [-0.05, 0) is 6.42 Å². The number of ether oxygens (including phenoxy) is 1. The molecule has 0 aliphatic carbocycles. The molecule has 17 heavy (non-hydrogen) atoms. The second kappa shape index (κ2) is 5.24. The Hall–Kier alpha value is -2.18. The summed E-state index contributed by atoms with van der Waals surface area (Å²) in [6.45, 7) is 2.87. The Morgan fingerprint density at radius 1 is 1.35 bits per heavy atom. The molecule has 90 valence electrons. The molecule has 2 aromatic heterocycles. The number of rotatable bonds is 5. The lowest BCUT2D eigenvalue weighted by molar-refractivity contribution is 0.378. The molecular weight excluding hydrogens is 220 g/mol.